The molecule has 1 heterocycles. The second kappa shape index (κ2) is 4.62. The van der Waals surface area contributed by atoms with Gasteiger partial charge in [0.1, 0.15) is 0 Å². The highest BCUT2D eigenvalue weighted by Crippen LogP contribution is 2.23. The summed E-state index contributed by atoms with van der Waals surface area (Å²) in [6.07, 6.45) is -2.02. The van der Waals surface area contributed by atoms with E-state index in [-0.39, 0.29) is 18.0 Å². The largest absolute Gasteiger partial charge is 0.389 e. The van der Waals surface area contributed by atoms with Gasteiger partial charge in [-0.1, -0.05) is 6.07 Å². The Morgan fingerprint density at radius 2 is 1.67 bits per heavy atom. The van der Waals surface area contributed by atoms with Crippen LogP contribution in [0.25, 0.3) is 0 Å². The van der Waals surface area contributed by atoms with Crippen LogP contribution in [-0.2, 0) is 10.0 Å². The molecule has 1 aliphatic rings. The van der Waals surface area contributed by atoms with Crippen molar-refractivity contribution in [1.29, 1.82) is 0 Å². The number of sulfonamides is 1. The molecule has 0 unspecified atom stereocenters. The van der Waals surface area contributed by atoms with Gasteiger partial charge in [-0.25, -0.2) is 8.42 Å². The molecule has 0 aliphatic carbocycles. The summed E-state index contributed by atoms with van der Waals surface area (Å²) in [5, 5.41) is 18.8. The first kappa shape index (κ1) is 13.5. The van der Waals surface area contributed by atoms with Gasteiger partial charge in [0.2, 0.25) is 10.0 Å². The molecule has 2 rings (SSSR count). The summed E-state index contributed by atoms with van der Waals surface area (Å²) in [5.41, 5.74) is 1.92. The molecule has 1 aromatic carbocycles. The number of aliphatic hydroxyl groups excluding tert-OH is 2. The summed E-state index contributed by atoms with van der Waals surface area (Å²) < 4.78 is 25.7. The Hall–Kier alpha value is -0.950. The van der Waals surface area contributed by atoms with Crippen LogP contribution in [0, 0.1) is 13.8 Å². The lowest BCUT2D eigenvalue weighted by atomic mass is 10.1. The summed E-state index contributed by atoms with van der Waals surface area (Å²) in [6.45, 7) is 3.64. The summed E-state index contributed by atoms with van der Waals surface area (Å²) in [5.74, 6) is 0. The second-order valence-corrected chi connectivity index (χ2v) is 6.64. The molecule has 5 nitrogen and oxygen atoms in total. The van der Waals surface area contributed by atoms with Crippen LogP contribution in [0.1, 0.15) is 11.1 Å². The quantitative estimate of drug-likeness (QED) is 0.795. The van der Waals surface area contributed by atoms with Gasteiger partial charge in [-0.2, -0.15) is 4.31 Å². The monoisotopic (exact) mass is 271 g/mol. The van der Waals surface area contributed by atoms with Crippen LogP contribution in [0.5, 0.6) is 0 Å². The molecule has 1 fully saturated rings. The predicted octanol–water partition coefficient (Wildman–Crippen LogP) is 0.0295. The van der Waals surface area contributed by atoms with Crippen LogP contribution in [0.15, 0.2) is 23.1 Å². The molecule has 0 saturated carbocycles. The summed E-state index contributed by atoms with van der Waals surface area (Å²) >= 11 is 0. The molecule has 0 amide bonds. The number of nitrogens with zero attached hydrogens (tertiary/aromatic N) is 1. The van der Waals surface area contributed by atoms with Crippen LogP contribution < -0.4 is 0 Å². The van der Waals surface area contributed by atoms with Crippen molar-refractivity contribution in [2.45, 2.75) is 31.0 Å². The lowest BCUT2D eigenvalue weighted by molar-refractivity contribution is 0.0572. The molecule has 0 spiro atoms. The first-order valence-electron chi connectivity index (χ1n) is 5.76. The fraction of sp³-hybridized carbons (Fsp3) is 0.500. The highest BCUT2D eigenvalue weighted by atomic mass is 32.2. The average molecular weight is 271 g/mol. The van der Waals surface area contributed by atoms with Crippen molar-refractivity contribution in [3.05, 3.63) is 29.3 Å². The van der Waals surface area contributed by atoms with Crippen LogP contribution in [0.3, 0.4) is 0 Å². The van der Waals surface area contributed by atoms with Crippen molar-refractivity contribution in [1.82, 2.24) is 4.31 Å². The molecule has 2 N–H and O–H groups in total. The Morgan fingerprint density at radius 1 is 1.11 bits per heavy atom. The Morgan fingerprint density at radius 3 is 2.17 bits per heavy atom. The Bertz CT molecular complexity index is 545. The van der Waals surface area contributed by atoms with E-state index in [1.807, 2.05) is 13.8 Å². The van der Waals surface area contributed by atoms with E-state index < -0.39 is 22.2 Å². The van der Waals surface area contributed by atoms with Crippen molar-refractivity contribution in [3.8, 4) is 0 Å². The summed E-state index contributed by atoms with van der Waals surface area (Å²) in [6, 6.07) is 4.92. The number of aryl methyl sites for hydroxylation is 2. The SMILES string of the molecule is Cc1ccc(S(=O)(=O)N2C[C@@H](O)[C@@H](O)C2)cc1C. The zero-order valence-electron chi connectivity index (χ0n) is 10.4. The molecule has 0 aromatic heterocycles. The molecule has 1 aliphatic heterocycles. The zero-order chi connectivity index (χ0) is 13.5. The average Bonchev–Trinajstić information content (AvgIpc) is 2.64. The minimum atomic E-state index is -3.63. The molecular formula is C12H17NO4S. The summed E-state index contributed by atoms with van der Waals surface area (Å²) in [4.78, 5) is 0.201. The van der Waals surface area contributed by atoms with E-state index in [0.29, 0.717) is 0 Å². The van der Waals surface area contributed by atoms with Gasteiger partial charge in [0, 0.05) is 13.1 Å². The highest BCUT2D eigenvalue weighted by molar-refractivity contribution is 7.89. The Balaban J connectivity index is 2.34. The Labute approximate surface area is 107 Å². The van der Waals surface area contributed by atoms with E-state index in [1.165, 1.54) is 0 Å². The third-order valence-electron chi connectivity index (χ3n) is 3.34. The lowest BCUT2D eigenvalue weighted by Crippen LogP contribution is -2.30. The number of aliphatic hydroxyl groups is 2. The molecule has 18 heavy (non-hydrogen) atoms. The summed E-state index contributed by atoms with van der Waals surface area (Å²) in [7, 11) is -3.63. The molecule has 100 valence electrons. The minimum Gasteiger partial charge on any atom is -0.389 e. The van der Waals surface area contributed by atoms with Gasteiger partial charge in [-0.15, -0.1) is 0 Å². The second-order valence-electron chi connectivity index (χ2n) is 4.70. The number of hydrogen-bond donors (Lipinski definition) is 2. The van der Waals surface area contributed by atoms with Gasteiger partial charge in [0.15, 0.2) is 0 Å². The zero-order valence-corrected chi connectivity index (χ0v) is 11.2. The molecule has 6 heteroatoms. The van der Waals surface area contributed by atoms with Crippen LogP contribution in [0.2, 0.25) is 0 Å². The van der Waals surface area contributed by atoms with Gasteiger partial charge in [0.05, 0.1) is 17.1 Å². The predicted molar refractivity (Wildman–Crippen MR) is 66.7 cm³/mol. The third kappa shape index (κ3) is 2.29. The number of β-amino-alcohol motifs (C(OH)–C–C–N with tert-alkyl or cyclic N) is 2. The fourth-order valence-corrected chi connectivity index (χ4v) is 3.52. The van der Waals surface area contributed by atoms with Crippen LogP contribution in [-0.4, -0.2) is 48.2 Å². The number of benzene rings is 1. The van der Waals surface area contributed by atoms with Gasteiger partial charge in [-0.3, -0.25) is 0 Å². The number of rotatable bonds is 2. The van der Waals surface area contributed by atoms with Crippen LogP contribution in [0.4, 0.5) is 0 Å². The lowest BCUT2D eigenvalue weighted by Gasteiger charge is -2.16. The van der Waals surface area contributed by atoms with Crippen molar-refractivity contribution in [3.63, 3.8) is 0 Å². The maximum Gasteiger partial charge on any atom is 0.243 e. The standard InChI is InChI=1S/C12H17NO4S/c1-8-3-4-10(5-9(8)2)18(16,17)13-6-11(14)12(15)7-13/h3-5,11-12,14-15H,6-7H2,1-2H3/t11-,12+. The number of hydrogen-bond acceptors (Lipinski definition) is 4. The smallest absolute Gasteiger partial charge is 0.243 e. The molecule has 0 bridgehead atoms. The maximum absolute atomic E-state index is 12.3. The highest BCUT2D eigenvalue weighted by Gasteiger charge is 2.37. The normalized spacial score (nSPS) is 25.6. The third-order valence-corrected chi connectivity index (χ3v) is 5.17. The van der Waals surface area contributed by atoms with Gasteiger partial charge >= 0.3 is 0 Å². The van der Waals surface area contributed by atoms with Crippen molar-refractivity contribution in [2.24, 2.45) is 0 Å². The fourth-order valence-electron chi connectivity index (χ4n) is 1.95. The molecule has 1 aromatic rings. The van der Waals surface area contributed by atoms with Crippen molar-refractivity contribution in [2.75, 3.05) is 13.1 Å². The van der Waals surface area contributed by atoms with E-state index in [9.17, 15) is 18.6 Å². The van der Waals surface area contributed by atoms with Gasteiger partial charge < -0.3 is 10.2 Å². The van der Waals surface area contributed by atoms with Crippen molar-refractivity contribution >= 4 is 10.0 Å². The topological polar surface area (TPSA) is 77.8 Å². The maximum atomic E-state index is 12.3. The first-order chi connectivity index (χ1) is 8.32. The Kier molecular flexibility index (Phi) is 3.46. The van der Waals surface area contributed by atoms with Gasteiger partial charge in [0.25, 0.3) is 0 Å². The van der Waals surface area contributed by atoms with E-state index in [0.717, 1.165) is 15.4 Å². The van der Waals surface area contributed by atoms with Crippen LogP contribution >= 0.6 is 0 Å². The van der Waals surface area contributed by atoms with E-state index in [1.54, 1.807) is 18.2 Å². The van der Waals surface area contributed by atoms with E-state index in [2.05, 4.69) is 0 Å². The molecule has 0 radical (unpaired) electrons. The van der Waals surface area contributed by atoms with Crippen molar-refractivity contribution < 1.29 is 18.6 Å². The molecular weight excluding hydrogens is 254 g/mol. The minimum absolute atomic E-state index is 0.0591. The van der Waals surface area contributed by atoms with Gasteiger partial charge in [-0.05, 0) is 37.1 Å². The van der Waals surface area contributed by atoms with E-state index in [4.69, 9.17) is 0 Å². The molecule has 1 saturated heterocycles. The molecule has 2 atom stereocenters. The first-order valence-corrected chi connectivity index (χ1v) is 7.20. The van der Waals surface area contributed by atoms with E-state index >= 15 is 0 Å².